The summed E-state index contributed by atoms with van der Waals surface area (Å²) in [4.78, 5) is 24.9. The summed E-state index contributed by atoms with van der Waals surface area (Å²) < 4.78 is 16.9. The van der Waals surface area contributed by atoms with Crippen molar-refractivity contribution in [3.8, 4) is 11.5 Å². The molecule has 0 radical (unpaired) electrons. The second-order valence-electron chi connectivity index (χ2n) is 5.85. The van der Waals surface area contributed by atoms with Crippen LogP contribution in [0.3, 0.4) is 0 Å². The van der Waals surface area contributed by atoms with Gasteiger partial charge < -0.3 is 24.8 Å². The van der Waals surface area contributed by atoms with Gasteiger partial charge in [-0.05, 0) is 38.0 Å². The summed E-state index contributed by atoms with van der Waals surface area (Å²) in [6.07, 6.45) is 1.34. The number of esters is 1. The van der Waals surface area contributed by atoms with E-state index < -0.39 is 12.0 Å². The number of carbonyl (C=O) groups excluding carboxylic acids is 2. The molecule has 1 atom stereocenters. The van der Waals surface area contributed by atoms with Crippen molar-refractivity contribution in [3.63, 3.8) is 0 Å². The van der Waals surface area contributed by atoms with Gasteiger partial charge in [-0.25, -0.2) is 9.59 Å². The topological polar surface area (TPSA) is 85.9 Å². The van der Waals surface area contributed by atoms with Crippen LogP contribution < -0.4 is 20.1 Å². The zero-order valence-corrected chi connectivity index (χ0v) is 17.6. The van der Waals surface area contributed by atoms with E-state index in [9.17, 15) is 9.59 Å². The highest BCUT2D eigenvalue weighted by atomic mass is 79.9. The Labute approximate surface area is 167 Å². The van der Waals surface area contributed by atoms with Gasteiger partial charge >= 0.3 is 12.0 Å². The summed E-state index contributed by atoms with van der Waals surface area (Å²) >= 11 is 3.53. The molecule has 0 saturated carbocycles. The summed E-state index contributed by atoms with van der Waals surface area (Å²) in [6.45, 7) is 6.34. The van der Waals surface area contributed by atoms with Crippen LogP contribution in [0.2, 0.25) is 0 Å². The van der Waals surface area contributed by atoms with E-state index in [1.54, 1.807) is 26.2 Å². The van der Waals surface area contributed by atoms with Crippen LogP contribution in [0.5, 0.6) is 11.5 Å². The molecular weight excluding hydrogens is 416 g/mol. The fourth-order valence-corrected chi connectivity index (χ4v) is 3.50. The maximum absolute atomic E-state index is 12.7. The van der Waals surface area contributed by atoms with Gasteiger partial charge in [0.1, 0.15) is 0 Å². The Bertz CT molecular complexity index is 748. The smallest absolute Gasteiger partial charge is 0.338 e. The molecule has 0 fully saturated rings. The first-order chi connectivity index (χ1) is 13.0. The van der Waals surface area contributed by atoms with Crippen molar-refractivity contribution in [3.05, 3.63) is 33.4 Å². The van der Waals surface area contributed by atoms with Crippen LogP contribution in [0, 0.1) is 0 Å². The number of benzene rings is 1. The van der Waals surface area contributed by atoms with Crippen LogP contribution in [-0.4, -0.2) is 32.3 Å². The summed E-state index contributed by atoms with van der Waals surface area (Å²) in [5.41, 5.74) is 1.65. The van der Waals surface area contributed by atoms with Gasteiger partial charge in [0, 0.05) is 10.2 Å². The fraction of sp³-hybridized carbons (Fsp3) is 0.474. The lowest BCUT2D eigenvalue weighted by atomic mass is 9.93. The molecule has 2 amide bonds. The van der Waals surface area contributed by atoms with Gasteiger partial charge in [0.25, 0.3) is 0 Å². The summed E-state index contributed by atoms with van der Waals surface area (Å²) in [5.74, 6) is 0.632. The van der Waals surface area contributed by atoms with Crippen molar-refractivity contribution in [1.82, 2.24) is 10.6 Å². The third-order valence-corrected chi connectivity index (χ3v) is 4.73. The average molecular weight is 441 g/mol. The van der Waals surface area contributed by atoms with Crippen LogP contribution in [-0.2, 0) is 9.53 Å². The maximum atomic E-state index is 12.7. The monoisotopic (exact) mass is 440 g/mol. The molecule has 2 N–H and O–H groups in total. The molecule has 0 spiro atoms. The molecule has 1 heterocycles. The highest BCUT2D eigenvalue weighted by Crippen LogP contribution is 2.40. The second-order valence-corrected chi connectivity index (χ2v) is 6.71. The van der Waals surface area contributed by atoms with E-state index in [4.69, 9.17) is 14.2 Å². The zero-order valence-electron chi connectivity index (χ0n) is 16.0. The molecular formula is C19H25BrN2O5. The van der Waals surface area contributed by atoms with E-state index in [0.29, 0.717) is 45.8 Å². The Balaban J connectivity index is 2.60. The molecule has 27 heavy (non-hydrogen) atoms. The molecule has 8 heteroatoms. The number of hydrogen-bond donors (Lipinski definition) is 2. The van der Waals surface area contributed by atoms with Crippen LogP contribution in [0.25, 0.3) is 0 Å². The number of methoxy groups -OCH3 is 1. The number of urea groups is 1. The van der Waals surface area contributed by atoms with Gasteiger partial charge in [0.15, 0.2) is 11.5 Å². The van der Waals surface area contributed by atoms with Crippen molar-refractivity contribution in [1.29, 1.82) is 0 Å². The standard InChI is InChI=1S/C19H25BrN2O5/c1-5-8-13-16(18(23)27-7-3)17(22-19(24)21-13)11-9-14(25-4)15(26-6-2)10-12(11)20/h9-10,17H,5-8H2,1-4H3,(H2,21,22,24)/t17-/m0/s1. The number of nitrogens with one attached hydrogen (secondary N) is 2. The summed E-state index contributed by atoms with van der Waals surface area (Å²) in [7, 11) is 1.54. The van der Waals surface area contributed by atoms with Crippen LogP contribution >= 0.6 is 15.9 Å². The van der Waals surface area contributed by atoms with Crippen molar-refractivity contribution in [2.24, 2.45) is 0 Å². The van der Waals surface area contributed by atoms with Gasteiger partial charge in [0.05, 0.1) is 31.9 Å². The van der Waals surface area contributed by atoms with Crippen LogP contribution in [0.4, 0.5) is 4.79 Å². The summed E-state index contributed by atoms with van der Waals surface area (Å²) in [6, 6.07) is 2.50. The zero-order chi connectivity index (χ0) is 20.0. The van der Waals surface area contributed by atoms with Gasteiger partial charge in [0.2, 0.25) is 0 Å². The molecule has 0 aromatic heterocycles. The molecule has 1 aliphatic rings. The van der Waals surface area contributed by atoms with Crippen molar-refractivity contribution >= 4 is 27.9 Å². The van der Waals surface area contributed by atoms with Crippen molar-refractivity contribution < 1.29 is 23.8 Å². The molecule has 0 saturated heterocycles. The Morgan fingerprint density at radius 1 is 1.19 bits per heavy atom. The van der Waals surface area contributed by atoms with E-state index in [1.165, 1.54) is 0 Å². The molecule has 7 nitrogen and oxygen atoms in total. The Kier molecular flexibility index (Phi) is 7.53. The lowest BCUT2D eigenvalue weighted by molar-refractivity contribution is -0.139. The summed E-state index contributed by atoms with van der Waals surface area (Å²) in [5, 5.41) is 5.56. The number of carbonyl (C=O) groups is 2. The Morgan fingerprint density at radius 2 is 1.93 bits per heavy atom. The quantitative estimate of drug-likeness (QED) is 0.599. The third-order valence-electron chi connectivity index (χ3n) is 4.04. The number of hydrogen-bond acceptors (Lipinski definition) is 5. The number of ether oxygens (including phenoxy) is 3. The second kappa shape index (κ2) is 9.64. The van der Waals surface area contributed by atoms with E-state index in [0.717, 1.165) is 6.42 Å². The van der Waals surface area contributed by atoms with Crippen molar-refractivity contribution in [2.75, 3.05) is 20.3 Å². The van der Waals surface area contributed by atoms with Gasteiger partial charge in [-0.1, -0.05) is 29.3 Å². The van der Waals surface area contributed by atoms with Gasteiger partial charge in [-0.2, -0.15) is 0 Å². The van der Waals surface area contributed by atoms with E-state index >= 15 is 0 Å². The van der Waals surface area contributed by atoms with Crippen molar-refractivity contribution in [2.45, 2.75) is 39.7 Å². The first-order valence-electron chi connectivity index (χ1n) is 8.94. The molecule has 148 valence electrons. The lowest BCUT2D eigenvalue weighted by Gasteiger charge is -2.30. The Morgan fingerprint density at radius 3 is 2.52 bits per heavy atom. The molecule has 1 aromatic carbocycles. The number of amides is 2. The maximum Gasteiger partial charge on any atom is 0.338 e. The molecule has 2 rings (SSSR count). The molecule has 1 aliphatic heterocycles. The average Bonchev–Trinajstić information content (AvgIpc) is 2.62. The van der Waals surface area contributed by atoms with Crippen LogP contribution in [0.15, 0.2) is 27.9 Å². The minimum absolute atomic E-state index is 0.246. The predicted molar refractivity (Wildman–Crippen MR) is 105 cm³/mol. The molecule has 1 aromatic rings. The van der Waals surface area contributed by atoms with E-state index in [2.05, 4.69) is 26.6 Å². The predicted octanol–water partition coefficient (Wildman–Crippen LogP) is 3.83. The molecule has 0 aliphatic carbocycles. The Hall–Kier alpha value is -2.22. The fourth-order valence-electron chi connectivity index (χ4n) is 2.95. The highest BCUT2D eigenvalue weighted by Gasteiger charge is 2.35. The highest BCUT2D eigenvalue weighted by molar-refractivity contribution is 9.10. The number of rotatable bonds is 8. The molecule has 0 unspecified atom stereocenters. The minimum Gasteiger partial charge on any atom is -0.493 e. The first kappa shape index (κ1) is 21.1. The van der Waals surface area contributed by atoms with Gasteiger partial charge in [-0.3, -0.25) is 0 Å². The van der Waals surface area contributed by atoms with Gasteiger partial charge in [-0.15, -0.1) is 0 Å². The minimum atomic E-state index is -0.668. The lowest BCUT2D eigenvalue weighted by Crippen LogP contribution is -2.46. The molecule has 0 bridgehead atoms. The third kappa shape index (κ3) is 4.74. The first-order valence-corrected chi connectivity index (χ1v) is 9.73. The van der Waals surface area contributed by atoms with E-state index in [1.807, 2.05) is 13.8 Å². The van der Waals surface area contributed by atoms with E-state index in [-0.39, 0.29) is 12.6 Å². The SMILES string of the molecule is CCCC1=C(C(=O)OCC)[C@H](c2cc(OC)c(OCC)cc2Br)NC(=O)N1. The van der Waals surface area contributed by atoms with Crippen LogP contribution in [0.1, 0.15) is 45.2 Å². The number of allylic oxidation sites excluding steroid dienone is 1. The largest absolute Gasteiger partial charge is 0.493 e. The normalized spacial score (nSPS) is 16.5. The number of halogens is 1.